The van der Waals surface area contributed by atoms with Crippen LogP contribution < -0.4 is 10.3 Å². The van der Waals surface area contributed by atoms with Crippen molar-refractivity contribution in [3.63, 3.8) is 0 Å². The van der Waals surface area contributed by atoms with Crippen molar-refractivity contribution in [2.45, 2.75) is 18.9 Å². The van der Waals surface area contributed by atoms with Gasteiger partial charge < -0.3 is 14.7 Å². The number of nitrogens with one attached hydrogen (secondary N) is 1. The predicted molar refractivity (Wildman–Crippen MR) is 123 cm³/mol. The van der Waals surface area contributed by atoms with Gasteiger partial charge in [0.1, 0.15) is 17.9 Å². The SMILES string of the molecule is CN1CCCC1COc1nc2c(F)c(-c3cc(O)cc4ccccc34)c(Cl)cc2c(=O)[nH]1. The van der Waals surface area contributed by atoms with E-state index in [9.17, 15) is 9.90 Å². The maximum atomic E-state index is 15.8. The number of halogens is 2. The molecule has 4 aromatic rings. The third-order valence-corrected chi connectivity index (χ3v) is 6.37. The van der Waals surface area contributed by atoms with Crippen molar-refractivity contribution in [2.75, 3.05) is 20.2 Å². The topological polar surface area (TPSA) is 78.5 Å². The van der Waals surface area contributed by atoms with Crippen molar-refractivity contribution in [3.05, 3.63) is 63.7 Å². The number of aromatic nitrogens is 2. The molecular weight excluding hydrogens is 433 g/mol. The van der Waals surface area contributed by atoms with Gasteiger partial charge in [-0.2, -0.15) is 4.98 Å². The van der Waals surface area contributed by atoms with Gasteiger partial charge in [0.2, 0.25) is 0 Å². The number of fused-ring (bicyclic) bond motifs is 2. The predicted octanol–water partition coefficient (Wildman–Crippen LogP) is 4.71. The summed E-state index contributed by atoms with van der Waals surface area (Å²) < 4.78 is 21.5. The molecule has 1 aliphatic rings. The second-order valence-electron chi connectivity index (χ2n) is 8.12. The lowest BCUT2D eigenvalue weighted by Gasteiger charge is -2.19. The number of rotatable bonds is 4. The van der Waals surface area contributed by atoms with E-state index < -0.39 is 11.4 Å². The van der Waals surface area contributed by atoms with Crippen LogP contribution in [0.3, 0.4) is 0 Å². The molecule has 1 unspecified atom stereocenters. The van der Waals surface area contributed by atoms with Gasteiger partial charge in [0.15, 0.2) is 5.82 Å². The minimum atomic E-state index is -0.739. The first kappa shape index (κ1) is 20.7. The van der Waals surface area contributed by atoms with Gasteiger partial charge in [0.25, 0.3) is 11.6 Å². The molecule has 164 valence electrons. The lowest BCUT2D eigenvalue weighted by molar-refractivity contribution is 0.188. The van der Waals surface area contributed by atoms with Crippen molar-refractivity contribution >= 4 is 33.3 Å². The number of hydrogen-bond acceptors (Lipinski definition) is 5. The molecule has 2 heterocycles. The first-order chi connectivity index (χ1) is 15.4. The lowest BCUT2D eigenvalue weighted by atomic mass is 9.96. The van der Waals surface area contributed by atoms with Crippen molar-refractivity contribution < 1.29 is 14.2 Å². The molecule has 1 aromatic heterocycles. The molecule has 1 saturated heterocycles. The number of hydrogen-bond donors (Lipinski definition) is 2. The highest BCUT2D eigenvalue weighted by Crippen LogP contribution is 2.40. The van der Waals surface area contributed by atoms with Gasteiger partial charge in [-0.3, -0.25) is 9.78 Å². The van der Waals surface area contributed by atoms with Crippen LogP contribution in [0.2, 0.25) is 5.02 Å². The molecule has 1 fully saturated rings. The van der Waals surface area contributed by atoms with Crippen molar-refractivity contribution in [3.8, 4) is 22.9 Å². The Morgan fingerprint density at radius 2 is 2.09 bits per heavy atom. The van der Waals surface area contributed by atoms with E-state index in [4.69, 9.17) is 16.3 Å². The molecule has 0 spiro atoms. The van der Waals surface area contributed by atoms with E-state index >= 15 is 4.39 Å². The van der Waals surface area contributed by atoms with Crippen LogP contribution in [0.25, 0.3) is 32.8 Å². The third kappa shape index (κ3) is 3.57. The molecule has 0 saturated carbocycles. The number of likely N-dealkylation sites (tertiary alicyclic amines) is 1. The van der Waals surface area contributed by atoms with Gasteiger partial charge in [-0.15, -0.1) is 0 Å². The second-order valence-corrected chi connectivity index (χ2v) is 8.52. The summed E-state index contributed by atoms with van der Waals surface area (Å²) in [4.78, 5) is 21.6. The van der Waals surface area contributed by atoms with E-state index in [-0.39, 0.29) is 39.3 Å². The summed E-state index contributed by atoms with van der Waals surface area (Å²) >= 11 is 6.43. The Hall–Kier alpha value is -3.16. The number of nitrogens with zero attached hydrogens (tertiary/aromatic N) is 2. The summed E-state index contributed by atoms with van der Waals surface area (Å²) in [7, 11) is 2.02. The summed E-state index contributed by atoms with van der Waals surface area (Å²) in [5.74, 6) is -0.755. The highest BCUT2D eigenvalue weighted by molar-refractivity contribution is 6.34. The molecule has 2 N–H and O–H groups in total. The van der Waals surface area contributed by atoms with Crippen LogP contribution >= 0.6 is 11.6 Å². The fraction of sp³-hybridized carbons (Fsp3) is 0.250. The zero-order chi connectivity index (χ0) is 22.4. The van der Waals surface area contributed by atoms with E-state index in [2.05, 4.69) is 14.9 Å². The Bertz CT molecular complexity index is 1410. The first-order valence-corrected chi connectivity index (χ1v) is 10.8. The highest BCUT2D eigenvalue weighted by atomic mass is 35.5. The molecular formula is C24H21ClFN3O3. The van der Waals surface area contributed by atoms with Crippen molar-refractivity contribution in [1.82, 2.24) is 14.9 Å². The maximum Gasteiger partial charge on any atom is 0.297 e. The van der Waals surface area contributed by atoms with Gasteiger partial charge in [-0.1, -0.05) is 35.9 Å². The molecule has 1 aliphatic heterocycles. The Balaban J connectivity index is 1.64. The minimum absolute atomic E-state index is 0.0159. The quantitative estimate of drug-likeness (QED) is 0.467. The Morgan fingerprint density at radius 3 is 2.88 bits per heavy atom. The number of aromatic hydroxyl groups is 1. The molecule has 32 heavy (non-hydrogen) atoms. The smallest absolute Gasteiger partial charge is 0.297 e. The molecule has 0 radical (unpaired) electrons. The first-order valence-electron chi connectivity index (χ1n) is 10.4. The standard InChI is InChI=1S/C24H21ClFN3O3/c1-29-8-4-6-14(29)12-32-24-27-22-18(23(31)28-24)11-19(25)20(21(22)26)17-10-15(30)9-13-5-2-3-7-16(13)17/h2-3,5,7,9-11,14,30H,4,6,8,12H2,1H3,(H,27,28,31). The van der Waals surface area contributed by atoms with E-state index in [0.717, 1.165) is 30.2 Å². The summed E-state index contributed by atoms with van der Waals surface area (Å²) in [5, 5.41) is 11.7. The van der Waals surface area contributed by atoms with Crippen LogP contribution in [0.4, 0.5) is 4.39 Å². The van der Waals surface area contributed by atoms with E-state index in [1.54, 1.807) is 6.07 Å². The van der Waals surface area contributed by atoms with Gasteiger partial charge in [0, 0.05) is 11.6 Å². The fourth-order valence-electron chi connectivity index (χ4n) is 4.37. The average Bonchev–Trinajstić information content (AvgIpc) is 3.17. The largest absolute Gasteiger partial charge is 0.508 e. The summed E-state index contributed by atoms with van der Waals surface area (Å²) in [6.45, 7) is 1.34. The number of aromatic amines is 1. The molecule has 8 heteroatoms. The van der Waals surface area contributed by atoms with Crippen LogP contribution in [0, 0.1) is 5.82 Å². The minimum Gasteiger partial charge on any atom is -0.508 e. The molecule has 5 rings (SSSR count). The van der Waals surface area contributed by atoms with E-state index in [0.29, 0.717) is 12.2 Å². The van der Waals surface area contributed by atoms with Gasteiger partial charge >= 0.3 is 0 Å². The number of benzene rings is 3. The monoisotopic (exact) mass is 453 g/mol. The van der Waals surface area contributed by atoms with Crippen molar-refractivity contribution in [2.24, 2.45) is 0 Å². The Kier molecular flexibility index (Phi) is 5.23. The maximum absolute atomic E-state index is 15.8. The molecule has 0 amide bonds. The molecule has 0 aliphatic carbocycles. The molecule has 3 aromatic carbocycles. The van der Waals surface area contributed by atoms with Crippen molar-refractivity contribution in [1.29, 1.82) is 0 Å². The van der Waals surface area contributed by atoms with E-state index in [1.807, 2.05) is 31.3 Å². The summed E-state index contributed by atoms with van der Waals surface area (Å²) in [6, 6.07) is 11.9. The number of H-pyrrole nitrogens is 1. The Morgan fingerprint density at radius 1 is 1.28 bits per heavy atom. The normalized spacial score (nSPS) is 16.8. The van der Waals surface area contributed by atoms with Crippen LogP contribution in [-0.2, 0) is 0 Å². The number of likely N-dealkylation sites (N-methyl/N-ethyl adjacent to an activating group) is 1. The molecule has 0 bridgehead atoms. The number of ether oxygens (including phenoxy) is 1. The molecule has 1 atom stereocenters. The molecule has 6 nitrogen and oxygen atoms in total. The third-order valence-electron chi connectivity index (χ3n) is 6.07. The number of phenolic OH excluding ortho intramolecular Hbond substituents is 1. The fourth-order valence-corrected chi connectivity index (χ4v) is 4.66. The summed E-state index contributed by atoms with van der Waals surface area (Å²) in [5.41, 5.74) is -0.166. The van der Waals surface area contributed by atoms with Gasteiger partial charge in [-0.25, -0.2) is 4.39 Å². The number of phenols is 1. The van der Waals surface area contributed by atoms with Gasteiger partial charge in [-0.05, 0) is 61.0 Å². The zero-order valence-corrected chi connectivity index (χ0v) is 18.1. The van der Waals surface area contributed by atoms with E-state index in [1.165, 1.54) is 12.1 Å². The van der Waals surface area contributed by atoms with Crippen LogP contribution in [0.5, 0.6) is 11.8 Å². The average molecular weight is 454 g/mol. The van der Waals surface area contributed by atoms with Gasteiger partial charge in [0.05, 0.1) is 10.4 Å². The highest BCUT2D eigenvalue weighted by Gasteiger charge is 2.23. The van der Waals surface area contributed by atoms with Crippen LogP contribution in [0.15, 0.2) is 47.3 Å². The van der Waals surface area contributed by atoms with Crippen LogP contribution in [0.1, 0.15) is 12.8 Å². The van der Waals surface area contributed by atoms with Crippen LogP contribution in [-0.4, -0.2) is 46.2 Å². The zero-order valence-electron chi connectivity index (χ0n) is 17.4. The second kappa shape index (κ2) is 8.07. The summed E-state index contributed by atoms with van der Waals surface area (Å²) in [6.07, 6.45) is 2.08. The lowest BCUT2D eigenvalue weighted by Crippen LogP contribution is -2.31. The Labute approximate surface area is 188 Å².